The van der Waals surface area contributed by atoms with Gasteiger partial charge in [0.15, 0.2) is 5.79 Å². The van der Waals surface area contributed by atoms with Gasteiger partial charge >= 0.3 is 0 Å². The Bertz CT molecular complexity index is 615. The third kappa shape index (κ3) is 3.32. The van der Waals surface area contributed by atoms with E-state index in [1.54, 1.807) is 0 Å². The lowest BCUT2D eigenvalue weighted by molar-refractivity contribution is -0.349. The maximum Gasteiger partial charge on any atom is 0.195 e. The summed E-state index contributed by atoms with van der Waals surface area (Å²) in [5, 5.41) is 32.8. The van der Waals surface area contributed by atoms with E-state index in [4.69, 9.17) is 0 Å². The van der Waals surface area contributed by atoms with E-state index in [0.717, 1.165) is 42.9 Å². The highest BCUT2D eigenvalue weighted by atomic mass is 16.5. The molecule has 1 unspecified atom stereocenters. The Morgan fingerprint density at radius 1 is 0.833 bits per heavy atom. The average molecular weight is 421 g/mol. The van der Waals surface area contributed by atoms with Crippen molar-refractivity contribution in [2.45, 2.75) is 117 Å². The van der Waals surface area contributed by atoms with E-state index in [2.05, 4.69) is 34.6 Å². The highest BCUT2D eigenvalue weighted by Gasteiger charge is 2.67. The summed E-state index contributed by atoms with van der Waals surface area (Å²) in [5.74, 6) is 2.50. The van der Waals surface area contributed by atoms with E-state index in [-0.39, 0.29) is 0 Å². The van der Waals surface area contributed by atoms with Gasteiger partial charge in [0.05, 0.1) is 0 Å². The number of aliphatic hydroxyl groups is 3. The van der Waals surface area contributed by atoms with Crippen molar-refractivity contribution in [2.75, 3.05) is 0 Å². The Morgan fingerprint density at radius 3 is 2.23 bits per heavy atom. The minimum absolute atomic E-state index is 0.341. The van der Waals surface area contributed by atoms with E-state index >= 15 is 0 Å². The van der Waals surface area contributed by atoms with E-state index in [9.17, 15) is 15.3 Å². The van der Waals surface area contributed by atoms with Gasteiger partial charge < -0.3 is 15.3 Å². The third-order valence-electron chi connectivity index (χ3n) is 11.2. The van der Waals surface area contributed by atoms with Crippen molar-refractivity contribution in [1.29, 1.82) is 0 Å². The highest BCUT2D eigenvalue weighted by molar-refractivity contribution is 5.13. The zero-order valence-corrected chi connectivity index (χ0v) is 20.2. The van der Waals surface area contributed by atoms with Gasteiger partial charge in [-0.05, 0) is 98.2 Å². The second kappa shape index (κ2) is 8.03. The van der Waals surface area contributed by atoms with E-state index in [1.807, 2.05) is 0 Å². The Morgan fingerprint density at radius 2 is 1.53 bits per heavy atom. The third-order valence-corrected chi connectivity index (χ3v) is 11.2. The molecule has 3 heteroatoms. The van der Waals surface area contributed by atoms with Gasteiger partial charge in [-0.25, -0.2) is 0 Å². The van der Waals surface area contributed by atoms with E-state index < -0.39 is 17.3 Å². The summed E-state index contributed by atoms with van der Waals surface area (Å²) in [6, 6.07) is 0. The van der Waals surface area contributed by atoms with Crippen molar-refractivity contribution >= 4 is 0 Å². The summed E-state index contributed by atoms with van der Waals surface area (Å²) >= 11 is 0. The van der Waals surface area contributed by atoms with Crippen LogP contribution in [0.25, 0.3) is 0 Å². The van der Waals surface area contributed by atoms with Gasteiger partial charge in [-0.3, -0.25) is 0 Å². The van der Waals surface area contributed by atoms with Crippen LogP contribution in [0.2, 0.25) is 0 Å². The Hall–Kier alpha value is -0.120. The molecule has 4 saturated carbocycles. The number of hydrogen-bond donors (Lipinski definition) is 3. The molecule has 4 aliphatic rings. The molecule has 4 aliphatic carbocycles. The predicted molar refractivity (Wildman–Crippen MR) is 122 cm³/mol. The lowest BCUT2D eigenvalue weighted by Crippen LogP contribution is -2.68. The molecule has 3 nitrogen and oxygen atoms in total. The molecule has 0 radical (unpaired) electrons. The van der Waals surface area contributed by atoms with Crippen LogP contribution in [-0.2, 0) is 0 Å². The Labute approximate surface area is 185 Å². The maximum absolute atomic E-state index is 11.1. The Kier molecular flexibility index (Phi) is 6.17. The molecular formula is C27H48O3. The van der Waals surface area contributed by atoms with Crippen LogP contribution < -0.4 is 0 Å². The summed E-state index contributed by atoms with van der Waals surface area (Å²) in [5.41, 5.74) is -0.141. The van der Waals surface area contributed by atoms with Crippen LogP contribution in [0.5, 0.6) is 0 Å². The molecule has 4 fully saturated rings. The lowest BCUT2D eigenvalue weighted by Gasteiger charge is -2.64. The van der Waals surface area contributed by atoms with Gasteiger partial charge in [0.2, 0.25) is 0 Å². The zero-order valence-electron chi connectivity index (χ0n) is 20.2. The molecule has 174 valence electrons. The number of fused-ring (bicyclic) bond motifs is 5. The minimum Gasteiger partial charge on any atom is -0.387 e. The van der Waals surface area contributed by atoms with Gasteiger partial charge in [0.25, 0.3) is 0 Å². The van der Waals surface area contributed by atoms with Crippen LogP contribution in [0.4, 0.5) is 0 Å². The van der Waals surface area contributed by atoms with Gasteiger partial charge in [0, 0.05) is 5.41 Å². The summed E-state index contributed by atoms with van der Waals surface area (Å²) in [6.45, 7) is 11.9. The number of rotatable bonds is 5. The monoisotopic (exact) mass is 420 g/mol. The van der Waals surface area contributed by atoms with Gasteiger partial charge in [-0.2, -0.15) is 0 Å². The molecule has 0 aliphatic heterocycles. The lowest BCUT2D eigenvalue weighted by atomic mass is 9.43. The first-order valence-electron chi connectivity index (χ1n) is 13.2. The second-order valence-electron chi connectivity index (χ2n) is 12.8. The minimum atomic E-state index is -1.94. The fourth-order valence-electron chi connectivity index (χ4n) is 9.39. The quantitative estimate of drug-likeness (QED) is 0.496. The molecular weight excluding hydrogens is 372 g/mol. The second-order valence-corrected chi connectivity index (χ2v) is 12.8. The van der Waals surface area contributed by atoms with Crippen molar-refractivity contribution in [3.05, 3.63) is 0 Å². The number of aliphatic hydroxyl groups excluding tert-OH is 1. The normalized spacial score (nSPS) is 48.7. The number of hydrogen-bond acceptors (Lipinski definition) is 3. The molecule has 0 amide bonds. The fourth-order valence-corrected chi connectivity index (χ4v) is 9.39. The molecule has 0 aromatic carbocycles. The fraction of sp³-hybridized carbons (Fsp3) is 1.00. The largest absolute Gasteiger partial charge is 0.387 e. The summed E-state index contributed by atoms with van der Waals surface area (Å²) in [4.78, 5) is 0. The van der Waals surface area contributed by atoms with Crippen LogP contribution in [0.3, 0.4) is 0 Å². The van der Waals surface area contributed by atoms with Crippen molar-refractivity contribution in [1.82, 2.24) is 0 Å². The molecule has 4 rings (SSSR count). The molecule has 0 heterocycles. The van der Waals surface area contributed by atoms with Crippen LogP contribution in [0.1, 0.15) is 105 Å². The van der Waals surface area contributed by atoms with Crippen LogP contribution in [-0.4, -0.2) is 27.2 Å². The molecule has 9 atom stereocenters. The van der Waals surface area contributed by atoms with E-state index in [0.29, 0.717) is 29.6 Å². The average Bonchev–Trinajstić information content (AvgIpc) is 3.03. The smallest absolute Gasteiger partial charge is 0.195 e. The molecule has 0 bridgehead atoms. The first-order chi connectivity index (χ1) is 14.0. The molecule has 3 N–H and O–H groups in total. The standard InChI is InChI=1S/C27H48O3/c1-17(2)7-6-8-18(3)21-12-13-22-20-11-9-19-10-14-24(28)27(29,30)26(19,5)23(20)15-16-25(21,22)4/h17-24,28-30H,6-16H2,1-5H3/t18-,19+,20+,21-,22-,23-,24?,25+,26-/m0/s1. The van der Waals surface area contributed by atoms with Crippen LogP contribution in [0.15, 0.2) is 0 Å². The summed E-state index contributed by atoms with van der Waals surface area (Å²) in [6.07, 6.45) is 11.9. The molecule has 0 saturated heterocycles. The van der Waals surface area contributed by atoms with Gasteiger partial charge in [0.1, 0.15) is 6.10 Å². The predicted octanol–water partition coefficient (Wildman–Crippen LogP) is 5.76. The topological polar surface area (TPSA) is 60.7 Å². The van der Waals surface area contributed by atoms with Crippen molar-refractivity contribution in [3.8, 4) is 0 Å². The molecule has 0 spiro atoms. The maximum atomic E-state index is 11.1. The first kappa shape index (κ1) is 23.1. The summed E-state index contributed by atoms with van der Waals surface area (Å²) in [7, 11) is 0. The highest BCUT2D eigenvalue weighted by Crippen LogP contribution is 2.69. The summed E-state index contributed by atoms with van der Waals surface area (Å²) < 4.78 is 0. The van der Waals surface area contributed by atoms with Gasteiger partial charge in [-0.15, -0.1) is 0 Å². The van der Waals surface area contributed by atoms with Crippen LogP contribution in [0, 0.1) is 52.3 Å². The molecule has 30 heavy (non-hydrogen) atoms. The molecule has 0 aromatic heterocycles. The first-order valence-corrected chi connectivity index (χ1v) is 13.2. The van der Waals surface area contributed by atoms with Crippen molar-refractivity contribution < 1.29 is 15.3 Å². The van der Waals surface area contributed by atoms with Crippen LogP contribution >= 0.6 is 0 Å². The Balaban J connectivity index is 1.53. The van der Waals surface area contributed by atoms with E-state index in [1.165, 1.54) is 44.9 Å². The SMILES string of the molecule is CC(C)CCC[C@H](C)[C@@H]1CC[C@H]2[C@H]3CC[C@@H]4CCC(O)C(O)(O)[C@]4(C)[C@H]3CC[C@@]21C. The van der Waals surface area contributed by atoms with Crippen molar-refractivity contribution in [3.63, 3.8) is 0 Å². The molecule has 0 aromatic rings. The van der Waals surface area contributed by atoms with Crippen molar-refractivity contribution in [2.24, 2.45) is 52.3 Å². The zero-order chi connectivity index (χ0) is 21.9. The van der Waals surface area contributed by atoms with Gasteiger partial charge in [-0.1, -0.05) is 53.9 Å².